The summed E-state index contributed by atoms with van der Waals surface area (Å²) in [6.45, 7) is 1.82. The highest BCUT2D eigenvalue weighted by Gasteiger charge is 2.27. The first-order chi connectivity index (χ1) is 8.72. The first-order valence-corrected chi connectivity index (χ1v) is 6.94. The molecular formula is C12H14N4OS. The number of aryl methyl sites for hydroxylation is 1. The third-order valence-electron chi connectivity index (χ3n) is 2.97. The van der Waals surface area contributed by atoms with Gasteiger partial charge in [0.25, 0.3) is 5.56 Å². The fourth-order valence-electron chi connectivity index (χ4n) is 1.94. The van der Waals surface area contributed by atoms with Crippen LogP contribution >= 0.6 is 11.8 Å². The highest BCUT2D eigenvalue weighted by molar-refractivity contribution is 7.98. The van der Waals surface area contributed by atoms with E-state index in [2.05, 4.69) is 20.2 Å². The molecule has 94 valence electrons. The first-order valence-electron chi connectivity index (χ1n) is 5.95. The summed E-state index contributed by atoms with van der Waals surface area (Å²) in [4.78, 5) is 18.4. The number of nitrogens with one attached hydrogen (secondary N) is 2. The van der Waals surface area contributed by atoms with Crippen molar-refractivity contribution in [3.8, 4) is 0 Å². The molecule has 1 aliphatic carbocycles. The number of hydrogen-bond donors (Lipinski definition) is 2. The third-order valence-corrected chi connectivity index (χ3v) is 3.87. The normalized spacial score (nSPS) is 14.9. The zero-order valence-electron chi connectivity index (χ0n) is 10.1. The summed E-state index contributed by atoms with van der Waals surface area (Å²) in [5.41, 5.74) is 3.11. The van der Waals surface area contributed by atoms with Crippen LogP contribution in [0.1, 0.15) is 35.7 Å². The van der Waals surface area contributed by atoms with E-state index in [9.17, 15) is 4.79 Å². The van der Waals surface area contributed by atoms with Crippen LogP contribution in [0, 0.1) is 6.92 Å². The summed E-state index contributed by atoms with van der Waals surface area (Å²) in [6.07, 6.45) is 4.44. The zero-order valence-corrected chi connectivity index (χ0v) is 10.9. The van der Waals surface area contributed by atoms with Crippen molar-refractivity contribution in [1.82, 2.24) is 20.2 Å². The second-order valence-corrected chi connectivity index (χ2v) is 5.52. The lowest BCUT2D eigenvalue weighted by atomic mass is 10.2. The van der Waals surface area contributed by atoms with Crippen molar-refractivity contribution < 1.29 is 0 Å². The van der Waals surface area contributed by atoms with Gasteiger partial charge in [0, 0.05) is 23.2 Å². The topological polar surface area (TPSA) is 74.4 Å². The summed E-state index contributed by atoms with van der Waals surface area (Å²) < 4.78 is 0. The smallest absolute Gasteiger partial charge is 0.251 e. The molecule has 2 N–H and O–H groups in total. The molecule has 1 aliphatic rings. The van der Waals surface area contributed by atoms with E-state index in [1.54, 1.807) is 0 Å². The number of nitrogens with zero attached hydrogens (tertiary/aromatic N) is 2. The van der Waals surface area contributed by atoms with Crippen LogP contribution in [0.15, 0.2) is 22.2 Å². The van der Waals surface area contributed by atoms with E-state index in [4.69, 9.17) is 0 Å². The Kier molecular flexibility index (Phi) is 2.95. The van der Waals surface area contributed by atoms with Crippen LogP contribution in [0.25, 0.3) is 0 Å². The largest absolute Gasteiger partial charge is 0.301 e. The van der Waals surface area contributed by atoms with Gasteiger partial charge in [-0.2, -0.15) is 5.10 Å². The summed E-state index contributed by atoms with van der Waals surface area (Å²) in [7, 11) is 0. The molecule has 5 nitrogen and oxygen atoms in total. The van der Waals surface area contributed by atoms with Gasteiger partial charge in [-0.1, -0.05) is 11.8 Å². The Bertz CT molecular complexity index is 615. The lowest BCUT2D eigenvalue weighted by molar-refractivity contribution is 0.902. The number of rotatable bonds is 4. The minimum absolute atomic E-state index is 0.1000. The van der Waals surface area contributed by atoms with Gasteiger partial charge in [-0.3, -0.25) is 9.89 Å². The quantitative estimate of drug-likeness (QED) is 0.652. The molecule has 0 amide bonds. The van der Waals surface area contributed by atoms with Crippen molar-refractivity contribution in [3.63, 3.8) is 0 Å². The fourth-order valence-corrected chi connectivity index (χ4v) is 2.84. The molecule has 0 aromatic carbocycles. The van der Waals surface area contributed by atoms with E-state index < -0.39 is 0 Å². The fraction of sp³-hybridized carbons (Fsp3) is 0.417. The van der Waals surface area contributed by atoms with Gasteiger partial charge in [-0.15, -0.1) is 0 Å². The molecule has 2 aromatic heterocycles. The minimum atomic E-state index is -0.1000. The van der Waals surface area contributed by atoms with Crippen molar-refractivity contribution in [2.24, 2.45) is 0 Å². The van der Waals surface area contributed by atoms with Crippen molar-refractivity contribution >= 4 is 11.8 Å². The average molecular weight is 262 g/mol. The van der Waals surface area contributed by atoms with Gasteiger partial charge in [0.2, 0.25) is 0 Å². The monoisotopic (exact) mass is 262 g/mol. The molecule has 0 bridgehead atoms. The van der Waals surface area contributed by atoms with Crippen LogP contribution in [-0.2, 0) is 5.75 Å². The summed E-state index contributed by atoms with van der Waals surface area (Å²) in [5.74, 6) is 1.45. The summed E-state index contributed by atoms with van der Waals surface area (Å²) >= 11 is 1.53. The highest BCUT2D eigenvalue weighted by Crippen LogP contribution is 2.41. The zero-order chi connectivity index (χ0) is 12.5. The predicted molar refractivity (Wildman–Crippen MR) is 69.7 cm³/mol. The molecule has 6 heteroatoms. The molecule has 0 saturated heterocycles. The standard InChI is InChI=1S/C12H14N4OS/c1-7-4-11(17)15-12(14-7)18-6-10-9(5-13-16-10)8-2-3-8/h4-5,8H,2-3,6H2,1H3,(H,13,16)(H,14,15,17). The lowest BCUT2D eigenvalue weighted by Crippen LogP contribution is -2.08. The molecule has 0 spiro atoms. The summed E-state index contributed by atoms with van der Waals surface area (Å²) in [5, 5.41) is 7.80. The van der Waals surface area contributed by atoms with E-state index in [0.717, 1.165) is 17.1 Å². The first kappa shape index (κ1) is 11.5. The van der Waals surface area contributed by atoms with E-state index in [-0.39, 0.29) is 5.56 Å². The number of thioether (sulfide) groups is 1. The third kappa shape index (κ3) is 2.48. The van der Waals surface area contributed by atoms with Crippen LogP contribution in [0.5, 0.6) is 0 Å². The highest BCUT2D eigenvalue weighted by atomic mass is 32.2. The second-order valence-electron chi connectivity index (χ2n) is 4.56. The molecule has 2 aromatic rings. The number of aromatic nitrogens is 4. The lowest BCUT2D eigenvalue weighted by Gasteiger charge is -2.02. The van der Waals surface area contributed by atoms with Gasteiger partial charge >= 0.3 is 0 Å². The maximum absolute atomic E-state index is 11.3. The average Bonchev–Trinajstić information content (AvgIpc) is 3.05. The Labute approximate surface area is 108 Å². The number of hydrogen-bond acceptors (Lipinski definition) is 4. The summed E-state index contributed by atoms with van der Waals surface area (Å²) in [6, 6.07) is 1.50. The van der Waals surface area contributed by atoms with Crippen molar-refractivity contribution in [1.29, 1.82) is 0 Å². The van der Waals surface area contributed by atoms with E-state index in [1.807, 2.05) is 13.1 Å². The Balaban J connectivity index is 1.73. The molecule has 3 rings (SSSR count). The van der Waals surface area contributed by atoms with Crippen molar-refractivity contribution in [2.75, 3.05) is 0 Å². The molecule has 0 aliphatic heterocycles. The second kappa shape index (κ2) is 4.61. The van der Waals surface area contributed by atoms with Crippen LogP contribution in [0.3, 0.4) is 0 Å². The van der Waals surface area contributed by atoms with Crippen LogP contribution in [0.4, 0.5) is 0 Å². The SMILES string of the molecule is Cc1cc(=O)[nH]c(SCc2[nH]ncc2C2CC2)n1. The van der Waals surface area contributed by atoms with Gasteiger partial charge in [0.05, 0.1) is 6.20 Å². The van der Waals surface area contributed by atoms with Gasteiger partial charge in [-0.25, -0.2) is 4.98 Å². The Morgan fingerprint density at radius 1 is 1.50 bits per heavy atom. The van der Waals surface area contributed by atoms with Crippen LogP contribution in [0.2, 0.25) is 0 Å². The maximum atomic E-state index is 11.3. The molecule has 0 radical (unpaired) electrons. The van der Waals surface area contributed by atoms with Crippen molar-refractivity contribution in [3.05, 3.63) is 39.6 Å². The van der Waals surface area contributed by atoms with Crippen LogP contribution < -0.4 is 5.56 Å². The van der Waals surface area contributed by atoms with Crippen LogP contribution in [-0.4, -0.2) is 20.2 Å². The van der Waals surface area contributed by atoms with Gasteiger partial charge in [0.1, 0.15) is 0 Å². The molecule has 18 heavy (non-hydrogen) atoms. The molecule has 0 atom stereocenters. The van der Waals surface area contributed by atoms with Gasteiger partial charge in [-0.05, 0) is 31.2 Å². The van der Waals surface area contributed by atoms with Crippen molar-refractivity contribution in [2.45, 2.75) is 36.6 Å². The molecule has 1 saturated carbocycles. The number of aromatic amines is 2. The van der Waals surface area contributed by atoms with E-state index >= 15 is 0 Å². The number of H-pyrrole nitrogens is 2. The Hall–Kier alpha value is -1.56. The molecule has 0 unspecified atom stereocenters. The van der Waals surface area contributed by atoms with E-state index in [0.29, 0.717) is 11.1 Å². The van der Waals surface area contributed by atoms with Gasteiger partial charge in [0.15, 0.2) is 5.16 Å². The minimum Gasteiger partial charge on any atom is -0.301 e. The Morgan fingerprint density at radius 2 is 2.33 bits per heavy atom. The maximum Gasteiger partial charge on any atom is 0.251 e. The Morgan fingerprint density at radius 3 is 3.06 bits per heavy atom. The van der Waals surface area contributed by atoms with Gasteiger partial charge < -0.3 is 4.98 Å². The molecular weight excluding hydrogens is 248 g/mol. The molecule has 2 heterocycles. The molecule has 1 fully saturated rings. The predicted octanol–water partition coefficient (Wildman–Crippen LogP) is 1.97. The van der Waals surface area contributed by atoms with E-state index in [1.165, 1.54) is 36.2 Å².